The smallest absolute Gasteiger partial charge is 0.256 e. The molecule has 0 saturated carbocycles. The van der Waals surface area contributed by atoms with Crippen LogP contribution in [0.25, 0.3) is 22.3 Å². The maximum Gasteiger partial charge on any atom is 0.256 e. The largest absolute Gasteiger partial charge is 0.495 e. The van der Waals surface area contributed by atoms with Gasteiger partial charge in [-0.25, -0.2) is 4.98 Å². The van der Waals surface area contributed by atoms with Gasteiger partial charge in [-0.2, -0.15) is 5.10 Å². The summed E-state index contributed by atoms with van der Waals surface area (Å²) in [7, 11) is 3.02. The van der Waals surface area contributed by atoms with Gasteiger partial charge in [0.05, 0.1) is 35.3 Å². The molecule has 3 heterocycles. The van der Waals surface area contributed by atoms with Gasteiger partial charge in [-0.15, -0.1) is 0 Å². The number of aromatic amines is 1. The number of H-pyrrole nitrogens is 1. The minimum Gasteiger partial charge on any atom is -0.495 e. The number of hydrogen-bond acceptors (Lipinski definition) is 7. The molecule has 2 aromatic heterocycles. The summed E-state index contributed by atoms with van der Waals surface area (Å²) in [6.07, 6.45) is 0. The molecule has 1 aliphatic heterocycles. The standard InChI is InChI=1S/C25H24Cl2N6O3/c1-35-18-13-19(36-2)22(27)20(21(18)26)17-8-7-16-23(29-17)31-32-24(16)30-25(34)14-3-5-15(6-4-14)33-11-9-28-10-12-33/h3-8,13,28H,9-12H2,1-2H3,(H2,29,30,31,32,34). The van der Waals surface area contributed by atoms with Crippen molar-refractivity contribution in [1.82, 2.24) is 20.5 Å². The fourth-order valence-electron chi connectivity index (χ4n) is 4.18. The molecule has 1 fully saturated rings. The van der Waals surface area contributed by atoms with Crippen LogP contribution in [0.3, 0.4) is 0 Å². The van der Waals surface area contributed by atoms with Gasteiger partial charge in [-0.05, 0) is 36.4 Å². The maximum atomic E-state index is 12.9. The van der Waals surface area contributed by atoms with Crippen molar-refractivity contribution < 1.29 is 14.3 Å². The molecule has 1 amide bonds. The van der Waals surface area contributed by atoms with Gasteiger partial charge in [0.1, 0.15) is 11.5 Å². The van der Waals surface area contributed by atoms with Gasteiger partial charge in [0.25, 0.3) is 5.91 Å². The molecule has 1 saturated heterocycles. The molecule has 0 bridgehead atoms. The van der Waals surface area contributed by atoms with Crippen molar-refractivity contribution in [3.63, 3.8) is 0 Å². The molecular weight excluding hydrogens is 503 g/mol. The lowest BCUT2D eigenvalue weighted by atomic mass is 10.1. The highest BCUT2D eigenvalue weighted by atomic mass is 35.5. The summed E-state index contributed by atoms with van der Waals surface area (Å²) in [4.78, 5) is 19.8. The van der Waals surface area contributed by atoms with E-state index in [0.29, 0.717) is 55.2 Å². The zero-order valence-electron chi connectivity index (χ0n) is 19.7. The second kappa shape index (κ2) is 10.2. The Morgan fingerprint density at radius 1 is 1.00 bits per heavy atom. The van der Waals surface area contributed by atoms with Gasteiger partial charge in [-0.3, -0.25) is 9.89 Å². The first-order valence-corrected chi connectivity index (χ1v) is 12.1. The molecule has 1 aliphatic rings. The summed E-state index contributed by atoms with van der Waals surface area (Å²) in [5, 5.41) is 14.6. The number of aromatic nitrogens is 3. The molecule has 2 aromatic carbocycles. The summed E-state index contributed by atoms with van der Waals surface area (Å²) in [6.45, 7) is 3.79. The van der Waals surface area contributed by atoms with Crippen LogP contribution in [-0.2, 0) is 0 Å². The fraction of sp³-hybridized carbons (Fsp3) is 0.240. The molecule has 0 aliphatic carbocycles. The van der Waals surface area contributed by atoms with Gasteiger partial charge < -0.3 is 25.0 Å². The molecule has 4 aromatic rings. The lowest BCUT2D eigenvalue weighted by Gasteiger charge is -2.29. The van der Waals surface area contributed by atoms with Gasteiger partial charge in [-0.1, -0.05) is 23.2 Å². The van der Waals surface area contributed by atoms with Crippen LogP contribution in [0.1, 0.15) is 10.4 Å². The van der Waals surface area contributed by atoms with Crippen molar-refractivity contribution in [3.8, 4) is 22.8 Å². The number of amides is 1. The number of rotatable bonds is 6. The second-order valence-corrected chi connectivity index (χ2v) is 8.94. The quantitative estimate of drug-likeness (QED) is 0.337. The van der Waals surface area contributed by atoms with Gasteiger partial charge in [0.15, 0.2) is 11.5 Å². The van der Waals surface area contributed by atoms with Crippen molar-refractivity contribution in [2.24, 2.45) is 0 Å². The van der Waals surface area contributed by atoms with Gasteiger partial charge in [0.2, 0.25) is 0 Å². The number of nitrogens with zero attached hydrogens (tertiary/aromatic N) is 3. The van der Waals surface area contributed by atoms with E-state index in [2.05, 4.69) is 30.7 Å². The Morgan fingerprint density at radius 3 is 2.31 bits per heavy atom. The van der Waals surface area contributed by atoms with Crippen molar-refractivity contribution in [2.75, 3.05) is 50.6 Å². The molecule has 186 valence electrons. The fourth-order valence-corrected chi connectivity index (χ4v) is 4.87. The van der Waals surface area contributed by atoms with E-state index in [1.54, 1.807) is 18.2 Å². The molecule has 0 radical (unpaired) electrons. The number of hydrogen-bond donors (Lipinski definition) is 3. The number of anilines is 2. The first-order chi connectivity index (χ1) is 17.5. The van der Waals surface area contributed by atoms with E-state index in [-0.39, 0.29) is 5.91 Å². The van der Waals surface area contributed by atoms with Crippen LogP contribution in [0.15, 0.2) is 42.5 Å². The average molecular weight is 527 g/mol. The summed E-state index contributed by atoms with van der Waals surface area (Å²) >= 11 is 13.1. The summed E-state index contributed by atoms with van der Waals surface area (Å²) in [5.41, 5.74) is 3.07. The summed E-state index contributed by atoms with van der Waals surface area (Å²) in [5.74, 6) is 0.939. The number of pyridine rings is 1. The van der Waals surface area contributed by atoms with Crippen molar-refractivity contribution in [1.29, 1.82) is 0 Å². The third-order valence-corrected chi connectivity index (χ3v) is 6.85. The van der Waals surface area contributed by atoms with Gasteiger partial charge >= 0.3 is 0 Å². The topological polar surface area (TPSA) is 104 Å². The van der Waals surface area contributed by atoms with Crippen molar-refractivity contribution in [2.45, 2.75) is 0 Å². The number of piperazine rings is 1. The highest BCUT2D eigenvalue weighted by Crippen LogP contribution is 2.45. The molecule has 0 spiro atoms. The Hall–Kier alpha value is -3.53. The van der Waals surface area contributed by atoms with E-state index in [1.165, 1.54) is 14.2 Å². The first-order valence-electron chi connectivity index (χ1n) is 11.3. The number of carbonyl (C=O) groups excluding carboxylic acids is 1. The molecule has 9 nitrogen and oxygen atoms in total. The Morgan fingerprint density at radius 2 is 1.67 bits per heavy atom. The Labute approximate surface area is 217 Å². The van der Waals surface area contributed by atoms with E-state index in [4.69, 9.17) is 32.7 Å². The van der Waals surface area contributed by atoms with Crippen LogP contribution in [0.4, 0.5) is 11.5 Å². The zero-order chi connectivity index (χ0) is 25.2. The number of benzene rings is 2. The summed E-state index contributed by atoms with van der Waals surface area (Å²) in [6, 6.07) is 12.7. The number of methoxy groups -OCH3 is 2. The number of ether oxygens (including phenoxy) is 2. The normalized spacial score (nSPS) is 13.6. The Bertz CT molecular complexity index is 1390. The minimum atomic E-state index is -0.261. The lowest BCUT2D eigenvalue weighted by molar-refractivity contribution is 0.102. The summed E-state index contributed by atoms with van der Waals surface area (Å²) < 4.78 is 10.7. The Balaban J connectivity index is 1.39. The van der Waals surface area contributed by atoms with Crippen LogP contribution in [-0.4, -0.2) is 61.5 Å². The van der Waals surface area contributed by atoms with Crippen LogP contribution in [0, 0.1) is 0 Å². The van der Waals surface area contributed by atoms with Crippen molar-refractivity contribution in [3.05, 3.63) is 58.1 Å². The van der Waals surface area contributed by atoms with Crippen LogP contribution in [0.2, 0.25) is 10.0 Å². The molecule has 11 heteroatoms. The second-order valence-electron chi connectivity index (χ2n) is 8.19. The van der Waals surface area contributed by atoms with E-state index in [1.807, 2.05) is 24.3 Å². The van der Waals surface area contributed by atoms with E-state index in [0.717, 1.165) is 31.9 Å². The molecule has 0 unspecified atom stereocenters. The van der Waals surface area contributed by atoms with Crippen molar-refractivity contribution >= 4 is 51.6 Å². The van der Waals surface area contributed by atoms with E-state index >= 15 is 0 Å². The average Bonchev–Trinajstić information content (AvgIpc) is 3.31. The molecule has 0 atom stereocenters. The van der Waals surface area contributed by atoms with E-state index in [9.17, 15) is 4.79 Å². The molecular formula is C25H24Cl2N6O3. The number of halogens is 2. The predicted octanol–water partition coefficient (Wildman–Crippen LogP) is 4.61. The lowest BCUT2D eigenvalue weighted by Crippen LogP contribution is -2.43. The van der Waals surface area contributed by atoms with Crippen LogP contribution < -0.4 is 25.0 Å². The highest BCUT2D eigenvalue weighted by Gasteiger charge is 2.21. The molecule has 36 heavy (non-hydrogen) atoms. The van der Waals surface area contributed by atoms with Crippen LogP contribution in [0.5, 0.6) is 11.5 Å². The first kappa shape index (κ1) is 24.2. The molecule has 3 N–H and O–H groups in total. The van der Waals surface area contributed by atoms with Crippen LogP contribution >= 0.6 is 23.2 Å². The third kappa shape index (κ3) is 4.53. The zero-order valence-corrected chi connectivity index (χ0v) is 21.2. The Kier molecular flexibility index (Phi) is 6.86. The molecule has 5 rings (SSSR count). The predicted molar refractivity (Wildman–Crippen MR) is 142 cm³/mol. The SMILES string of the molecule is COc1cc(OC)c(Cl)c(-c2ccc3c(NC(=O)c4ccc(N5CCNCC5)cc4)n[nH]c3n2)c1Cl. The number of carbonyl (C=O) groups is 1. The van der Waals surface area contributed by atoms with Gasteiger partial charge in [0, 0.05) is 49.1 Å². The highest BCUT2D eigenvalue weighted by molar-refractivity contribution is 6.41. The maximum absolute atomic E-state index is 12.9. The minimum absolute atomic E-state index is 0.261. The third-order valence-electron chi connectivity index (χ3n) is 6.10. The van der Waals surface area contributed by atoms with E-state index < -0.39 is 0 Å². The number of nitrogens with one attached hydrogen (secondary N) is 3. The number of fused-ring (bicyclic) bond motifs is 1. The monoisotopic (exact) mass is 526 g/mol.